The summed E-state index contributed by atoms with van der Waals surface area (Å²) in [7, 11) is 1.58. The van der Waals surface area contributed by atoms with Crippen molar-refractivity contribution >= 4 is 21.6 Å². The van der Waals surface area contributed by atoms with Crippen molar-refractivity contribution in [2.75, 3.05) is 12.8 Å². The van der Waals surface area contributed by atoms with Crippen LogP contribution >= 0.6 is 15.9 Å². The zero-order chi connectivity index (χ0) is 14.0. The number of aryl methyl sites for hydroxylation is 1. The number of aromatic nitrogens is 2. The number of methoxy groups -OCH3 is 1. The van der Waals surface area contributed by atoms with Crippen LogP contribution in [0.4, 0.5) is 5.69 Å². The van der Waals surface area contributed by atoms with Crippen LogP contribution in [0.25, 0.3) is 0 Å². The number of hydrogen-bond acceptors (Lipinski definition) is 4. The molecule has 5 nitrogen and oxygen atoms in total. The molecule has 0 saturated heterocycles. The van der Waals surface area contributed by atoms with Crippen LogP contribution < -0.4 is 16.0 Å². The van der Waals surface area contributed by atoms with Crippen LogP contribution in [-0.4, -0.2) is 16.7 Å². The topological polar surface area (TPSA) is 70.1 Å². The van der Waals surface area contributed by atoms with Crippen molar-refractivity contribution in [2.45, 2.75) is 13.5 Å². The quantitative estimate of drug-likeness (QED) is 0.876. The predicted molar refractivity (Wildman–Crippen MR) is 77.4 cm³/mol. The van der Waals surface area contributed by atoms with E-state index in [1.165, 1.54) is 6.20 Å². The lowest BCUT2D eigenvalue weighted by Crippen LogP contribution is -2.24. The van der Waals surface area contributed by atoms with Crippen molar-refractivity contribution in [3.63, 3.8) is 0 Å². The van der Waals surface area contributed by atoms with E-state index in [-0.39, 0.29) is 5.56 Å². The van der Waals surface area contributed by atoms with Gasteiger partial charge in [-0.15, -0.1) is 0 Å². The summed E-state index contributed by atoms with van der Waals surface area (Å²) >= 11 is 3.19. The SMILES string of the molecule is COc1cc(N)ccc1Cn1c(C)ncc(Br)c1=O. The molecule has 0 aliphatic heterocycles. The van der Waals surface area contributed by atoms with Gasteiger partial charge in [-0.2, -0.15) is 0 Å². The molecule has 0 amide bonds. The van der Waals surface area contributed by atoms with Gasteiger partial charge in [-0.25, -0.2) is 4.98 Å². The number of ether oxygens (including phenoxy) is 1. The fourth-order valence-corrected chi connectivity index (χ4v) is 2.12. The average molecular weight is 324 g/mol. The number of nitrogen functional groups attached to an aromatic ring is 1. The Morgan fingerprint density at radius 1 is 1.47 bits per heavy atom. The number of benzene rings is 1. The Hall–Kier alpha value is -1.82. The van der Waals surface area contributed by atoms with Crippen LogP contribution in [0, 0.1) is 6.92 Å². The molecular formula is C13H14BrN3O2. The van der Waals surface area contributed by atoms with Crippen LogP contribution in [-0.2, 0) is 6.54 Å². The Kier molecular flexibility index (Phi) is 3.90. The Morgan fingerprint density at radius 3 is 2.89 bits per heavy atom. The normalized spacial score (nSPS) is 10.5. The highest BCUT2D eigenvalue weighted by Gasteiger charge is 2.09. The lowest BCUT2D eigenvalue weighted by atomic mass is 10.1. The standard InChI is InChI=1S/C13H14BrN3O2/c1-8-16-6-11(14)13(18)17(8)7-9-3-4-10(15)5-12(9)19-2/h3-6H,7,15H2,1-2H3. The van der Waals surface area contributed by atoms with Gasteiger partial charge in [0, 0.05) is 23.5 Å². The molecule has 2 rings (SSSR count). The molecule has 2 N–H and O–H groups in total. The van der Waals surface area contributed by atoms with E-state index in [0.717, 1.165) is 5.56 Å². The highest BCUT2D eigenvalue weighted by molar-refractivity contribution is 9.10. The first-order chi connectivity index (χ1) is 9.02. The van der Waals surface area contributed by atoms with Gasteiger partial charge < -0.3 is 10.5 Å². The smallest absolute Gasteiger partial charge is 0.268 e. The minimum absolute atomic E-state index is 0.119. The number of nitrogens with two attached hydrogens (primary N) is 1. The fourth-order valence-electron chi connectivity index (χ4n) is 1.80. The summed E-state index contributed by atoms with van der Waals surface area (Å²) in [6.45, 7) is 2.18. The Morgan fingerprint density at radius 2 is 2.21 bits per heavy atom. The molecule has 0 radical (unpaired) electrons. The van der Waals surface area contributed by atoms with Crippen LogP contribution in [0.2, 0.25) is 0 Å². The van der Waals surface area contributed by atoms with Crippen molar-refractivity contribution < 1.29 is 4.74 Å². The molecule has 1 aromatic heterocycles. The molecule has 0 aliphatic carbocycles. The molecule has 19 heavy (non-hydrogen) atoms. The van der Waals surface area contributed by atoms with Crippen molar-refractivity contribution in [1.29, 1.82) is 0 Å². The maximum Gasteiger partial charge on any atom is 0.268 e. The summed E-state index contributed by atoms with van der Waals surface area (Å²) < 4.78 is 7.30. The highest BCUT2D eigenvalue weighted by Crippen LogP contribution is 2.22. The van der Waals surface area contributed by atoms with Crippen molar-refractivity contribution in [1.82, 2.24) is 9.55 Å². The molecule has 1 heterocycles. The summed E-state index contributed by atoms with van der Waals surface area (Å²) in [5.41, 5.74) is 7.09. The monoisotopic (exact) mass is 323 g/mol. The van der Waals surface area contributed by atoms with E-state index in [1.54, 1.807) is 30.7 Å². The van der Waals surface area contributed by atoms with Gasteiger partial charge in [0.15, 0.2) is 0 Å². The van der Waals surface area contributed by atoms with Crippen molar-refractivity contribution in [2.24, 2.45) is 0 Å². The molecule has 1 aromatic carbocycles. The summed E-state index contributed by atoms with van der Waals surface area (Å²) in [4.78, 5) is 16.2. The molecule has 0 bridgehead atoms. The molecule has 0 unspecified atom stereocenters. The zero-order valence-electron chi connectivity index (χ0n) is 10.7. The van der Waals surface area contributed by atoms with E-state index >= 15 is 0 Å². The van der Waals surface area contributed by atoms with E-state index in [9.17, 15) is 4.79 Å². The van der Waals surface area contributed by atoms with Crippen LogP contribution in [0.5, 0.6) is 5.75 Å². The largest absolute Gasteiger partial charge is 0.496 e. The molecule has 0 aliphatic rings. The minimum atomic E-state index is -0.119. The second-order valence-corrected chi connectivity index (χ2v) is 4.97. The highest BCUT2D eigenvalue weighted by atomic mass is 79.9. The van der Waals surface area contributed by atoms with E-state index in [1.807, 2.05) is 6.07 Å². The first-order valence-corrected chi connectivity index (χ1v) is 6.46. The average Bonchev–Trinajstić information content (AvgIpc) is 2.40. The Bertz CT molecular complexity index is 667. The van der Waals surface area contributed by atoms with E-state index in [0.29, 0.717) is 28.3 Å². The second-order valence-electron chi connectivity index (χ2n) is 4.12. The number of nitrogens with zero attached hydrogens (tertiary/aromatic N) is 2. The third-order valence-electron chi connectivity index (χ3n) is 2.84. The van der Waals surface area contributed by atoms with Gasteiger partial charge >= 0.3 is 0 Å². The first kappa shape index (κ1) is 13.6. The maximum atomic E-state index is 12.1. The van der Waals surface area contributed by atoms with Gasteiger partial charge in [-0.05, 0) is 28.9 Å². The first-order valence-electron chi connectivity index (χ1n) is 5.67. The number of halogens is 1. The molecule has 6 heteroatoms. The summed E-state index contributed by atoms with van der Waals surface area (Å²) in [5, 5.41) is 0. The summed E-state index contributed by atoms with van der Waals surface area (Å²) in [5.74, 6) is 1.30. The van der Waals surface area contributed by atoms with Crippen molar-refractivity contribution in [3.05, 3.63) is 50.6 Å². The van der Waals surface area contributed by atoms with Gasteiger partial charge in [-0.3, -0.25) is 9.36 Å². The van der Waals surface area contributed by atoms with Gasteiger partial charge in [0.25, 0.3) is 5.56 Å². The molecular weight excluding hydrogens is 310 g/mol. The molecule has 0 fully saturated rings. The fraction of sp³-hybridized carbons (Fsp3) is 0.231. The number of anilines is 1. The van der Waals surface area contributed by atoms with Gasteiger partial charge in [-0.1, -0.05) is 6.07 Å². The van der Waals surface area contributed by atoms with E-state index in [2.05, 4.69) is 20.9 Å². The van der Waals surface area contributed by atoms with Crippen LogP contribution in [0.1, 0.15) is 11.4 Å². The van der Waals surface area contributed by atoms with Crippen molar-refractivity contribution in [3.8, 4) is 5.75 Å². The lowest BCUT2D eigenvalue weighted by molar-refractivity contribution is 0.408. The number of hydrogen-bond donors (Lipinski definition) is 1. The molecule has 0 spiro atoms. The summed E-state index contributed by atoms with van der Waals surface area (Å²) in [6.07, 6.45) is 1.51. The van der Waals surface area contributed by atoms with E-state index in [4.69, 9.17) is 10.5 Å². The third kappa shape index (κ3) is 2.78. The van der Waals surface area contributed by atoms with Crippen LogP contribution in [0.3, 0.4) is 0 Å². The molecule has 0 saturated carbocycles. The minimum Gasteiger partial charge on any atom is -0.496 e. The summed E-state index contributed by atoms with van der Waals surface area (Å²) in [6, 6.07) is 5.37. The van der Waals surface area contributed by atoms with E-state index < -0.39 is 0 Å². The van der Waals surface area contributed by atoms with Gasteiger partial charge in [0.1, 0.15) is 16.0 Å². The maximum absolute atomic E-state index is 12.1. The predicted octanol–water partition coefficient (Wildman–Crippen LogP) is 1.95. The Labute approximate surface area is 119 Å². The molecule has 100 valence electrons. The van der Waals surface area contributed by atoms with Gasteiger partial charge in [0.05, 0.1) is 13.7 Å². The molecule has 2 aromatic rings. The number of rotatable bonds is 3. The Balaban J connectivity index is 2.48. The van der Waals surface area contributed by atoms with Crippen LogP contribution in [0.15, 0.2) is 33.7 Å². The second kappa shape index (κ2) is 5.44. The zero-order valence-corrected chi connectivity index (χ0v) is 12.3. The lowest BCUT2D eigenvalue weighted by Gasteiger charge is -2.13. The third-order valence-corrected chi connectivity index (χ3v) is 3.39. The molecule has 0 atom stereocenters. The van der Waals surface area contributed by atoms with Gasteiger partial charge in [0.2, 0.25) is 0 Å².